The third kappa shape index (κ3) is 2.91. The predicted octanol–water partition coefficient (Wildman–Crippen LogP) is 2.27. The van der Waals surface area contributed by atoms with E-state index in [1.807, 2.05) is 29.6 Å². The molecule has 21 heavy (non-hydrogen) atoms. The third-order valence-corrected chi connectivity index (χ3v) is 4.03. The third-order valence-electron chi connectivity index (χ3n) is 4.03. The Kier molecular flexibility index (Phi) is 3.64. The maximum atomic E-state index is 11.0. The molecule has 0 saturated carbocycles. The van der Waals surface area contributed by atoms with Crippen molar-refractivity contribution in [2.24, 2.45) is 0 Å². The van der Waals surface area contributed by atoms with E-state index in [0.717, 1.165) is 25.2 Å². The van der Waals surface area contributed by atoms with Gasteiger partial charge in [0.2, 0.25) is 0 Å². The first-order chi connectivity index (χ1) is 10.1. The molecule has 0 fully saturated rings. The number of nitrogens with zero attached hydrogens (tertiary/aromatic N) is 3. The van der Waals surface area contributed by atoms with E-state index in [9.17, 15) is 4.79 Å². The number of aromatic nitrogens is 2. The van der Waals surface area contributed by atoms with Crippen LogP contribution in [0, 0.1) is 6.92 Å². The molecule has 2 aromatic rings. The van der Waals surface area contributed by atoms with Crippen LogP contribution in [0.5, 0.6) is 0 Å². The second-order valence-electron chi connectivity index (χ2n) is 5.62. The molecule has 1 aliphatic rings. The van der Waals surface area contributed by atoms with E-state index in [1.165, 1.54) is 11.1 Å². The van der Waals surface area contributed by atoms with Gasteiger partial charge in [-0.05, 0) is 25.0 Å². The number of fused-ring (bicyclic) bond motifs is 1. The number of carbonyl (C=O) groups is 1. The lowest BCUT2D eigenvalue weighted by molar-refractivity contribution is -0.135. The number of aryl methyl sites for hydroxylation is 2. The fraction of sp³-hybridized carbons (Fsp3) is 0.375. The highest BCUT2D eigenvalue weighted by Gasteiger charge is 2.29. The first-order valence-corrected chi connectivity index (χ1v) is 7.16. The molecule has 2 heterocycles. The Hall–Kier alpha value is -2.30. The van der Waals surface area contributed by atoms with Crippen molar-refractivity contribution in [1.29, 1.82) is 0 Å². The Morgan fingerprint density at radius 3 is 3.05 bits per heavy atom. The molecule has 5 heteroatoms. The van der Waals surface area contributed by atoms with Gasteiger partial charge in [0.1, 0.15) is 6.54 Å². The normalized spacial score (nSPS) is 17.0. The lowest BCUT2D eigenvalue weighted by Crippen LogP contribution is -2.28. The van der Waals surface area contributed by atoms with E-state index in [4.69, 9.17) is 5.11 Å². The molecule has 1 atom stereocenters. The van der Waals surface area contributed by atoms with E-state index < -0.39 is 5.97 Å². The van der Waals surface area contributed by atoms with Crippen molar-refractivity contribution in [3.8, 4) is 0 Å². The van der Waals surface area contributed by atoms with Gasteiger partial charge < -0.3 is 14.6 Å². The zero-order valence-electron chi connectivity index (χ0n) is 12.1. The first kappa shape index (κ1) is 13.7. The van der Waals surface area contributed by atoms with Crippen LogP contribution in [0.25, 0.3) is 0 Å². The van der Waals surface area contributed by atoms with Crippen LogP contribution in [0.4, 0.5) is 5.69 Å². The molecule has 1 aliphatic heterocycles. The summed E-state index contributed by atoms with van der Waals surface area (Å²) in [5, 5.41) is 9.07. The van der Waals surface area contributed by atoms with Crippen LogP contribution in [-0.2, 0) is 11.3 Å². The Balaban J connectivity index is 1.79. The lowest BCUT2D eigenvalue weighted by atomic mass is 9.96. The average Bonchev–Trinajstić information content (AvgIpc) is 3.04. The van der Waals surface area contributed by atoms with Crippen molar-refractivity contribution in [3.05, 3.63) is 48.0 Å². The van der Waals surface area contributed by atoms with Gasteiger partial charge in [-0.3, -0.25) is 4.79 Å². The van der Waals surface area contributed by atoms with Crippen molar-refractivity contribution in [1.82, 2.24) is 9.55 Å². The summed E-state index contributed by atoms with van der Waals surface area (Å²) in [6, 6.07) is 6.28. The van der Waals surface area contributed by atoms with Gasteiger partial charge in [-0.2, -0.15) is 0 Å². The van der Waals surface area contributed by atoms with Gasteiger partial charge in [0.15, 0.2) is 0 Å². The molecule has 1 aromatic heterocycles. The zero-order valence-corrected chi connectivity index (χ0v) is 12.1. The Labute approximate surface area is 123 Å². The first-order valence-electron chi connectivity index (χ1n) is 7.16. The molecule has 3 rings (SSSR count). The van der Waals surface area contributed by atoms with Gasteiger partial charge in [0.25, 0.3) is 0 Å². The summed E-state index contributed by atoms with van der Waals surface area (Å²) in [5.74, 6) is -0.404. The number of aliphatic carboxylic acids is 1. The monoisotopic (exact) mass is 285 g/mol. The summed E-state index contributed by atoms with van der Waals surface area (Å²) in [4.78, 5) is 17.1. The molecule has 1 N–H and O–H groups in total. The van der Waals surface area contributed by atoms with Gasteiger partial charge in [-0.25, -0.2) is 4.98 Å². The smallest absolute Gasteiger partial charge is 0.323 e. The Morgan fingerprint density at radius 2 is 2.33 bits per heavy atom. The summed E-state index contributed by atoms with van der Waals surface area (Å²) in [5.41, 5.74) is 3.56. The summed E-state index contributed by atoms with van der Waals surface area (Å²) in [7, 11) is 0. The summed E-state index contributed by atoms with van der Waals surface area (Å²) >= 11 is 0. The van der Waals surface area contributed by atoms with Crippen LogP contribution in [0.1, 0.15) is 23.5 Å². The van der Waals surface area contributed by atoms with Crippen LogP contribution in [0.2, 0.25) is 0 Å². The molecular weight excluding hydrogens is 266 g/mol. The van der Waals surface area contributed by atoms with E-state index in [1.54, 1.807) is 6.20 Å². The predicted molar refractivity (Wildman–Crippen MR) is 80.6 cm³/mol. The molecule has 1 aromatic carbocycles. The molecular formula is C16H19N3O2. The molecule has 110 valence electrons. The number of anilines is 1. The van der Waals surface area contributed by atoms with Crippen LogP contribution in [-0.4, -0.2) is 33.7 Å². The zero-order chi connectivity index (χ0) is 14.8. The van der Waals surface area contributed by atoms with Gasteiger partial charge >= 0.3 is 5.97 Å². The number of carboxylic acid groups (broad SMARTS) is 1. The molecule has 5 nitrogen and oxygen atoms in total. The van der Waals surface area contributed by atoms with Crippen molar-refractivity contribution in [2.45, 2.75) is 25.8 Å². The van der Waals surface area contributed by atoms with Crippen molar-refractivity contribution in [2.75, 3.05) is 18.0 Å². The van der Waals surface area contributed by atoms with E-state index in [2.05, 4.69) is 22.5 Å². The number of hydrogen-bond acceptors (Lipinski definition) is 3. The minimum atomic E-state index is -0.781. The van der Waals surface area contributed by atoms with E-state index in [-0.39, 0.29) is 6.54 Å². The Bertz CT molecular complexity index is 637. The highest BCUT2D eigenvalue weighted by atomic mass is 16.4. The van der Waals surface area contributed by atoms with Gasteiger partial charge in [-0.15, -0.1) is 0 Å². The number of carboxylic acids is 1. The standard InChI is InChI=1S/C16H19N3O2/c1-12-2-3-15-14(8-12)13(9-19(15)10-16(20)21)4-6-18-7-5-17-11-18/h2-3,5,7-8,11,13H,4,6,9-10H2,1H3,(H,20,21). The second-order valence-corrected chi connectivity index (χ2v) is 5.62. The summed E-state index contributed by atoms with van der Waals surface area (Å²) in [6.45, 7) is 3.82. The van der Waals surface area contributed by atoms with E-state index >= 15 is 0 Å². The number of rotatable bonds is 5. The topological polar surface area (TPSA) is 58.4 Å². The maximum Gasteiger partial charge on any atom is 0.323 e. The summed E-state index contributed by atoms with van der Waals surface area (Å²) < 4.78 is 2.06. The molecule has 0 saturated heterocycles. The van der Waals surface area contributed by atoms with Gasteiger partial charge in [0.05, 0.1) is 6.33 Å². The second kappa shape index (κ2) is 5.60. The lowest BCUT2D eigenvalue weighted by Gasteiger charge is -2.17. The number of hydrogen-bond donors (Lipinski definition) is 1. The van der Waals surface area contributed by atoms with Gasteiger partial charge in [0, 0.05) is 37.1 Å². The highest BCUT2D eigenvalue weighted by Crippen LogP contribution is 2.38. The van der Waals surface area contributed by atoms with Crippen LogP contribution < -0.4 is 4.90 Å². The molecule has 0 aliphatic carbocycles. The van der Waals surface area contributed by atoms with Crippen LogP contribution in [0.3, 0.4) is 0 Å². The minimum absolute atomic E-state index is 0.0671. The highest BCUT2D eigenvalue weighted by molar-refractivity contribution is 5.76. The average molecular weight is 285 g/mol. The molecule has 0 radical (unpaired) electrons. The van der Waals surface area contributed by atoms with Crippen molar-refractivity contribution in [3.63, 3.8) is 0 Å². The SMILES string of the molecule is Cc1ccc2c(c1)C(CCn1ccnc1)CN2CC(=O)O. The van der Waals surface area contributed by atoms with Crippen LogP contribution in [0.15, 0.2) is 36.9 Å². The maximum absolute atomic E-state index is 11.0. The number of benzene rings is 1. The fourth-order valence-electron chi connectivity index (χ4n) is 3.04. The fourth-order valence-corrected chi connectivity index (χ4v) is 3.04. The molecule has 0 amide bonds. The quantitative estimate of drug-likeness (QED) is 0.915. The van der Waals surface area contributed by atoms with Crippen molar-refractivity contribution < 1.29 is 9.90 Å². The number of imidazole rings is 1. The van der Waals surface area contributed by atoms with Gasteiger partial charge in [-0.1, -0.05) is 17.7 Å². The summed E-state index contributed by atoms with van der Waals surface area (Å²) in [6.07, 6.45) is 6.55. The Morgan fingerprint density at radius 1 is 1.48 bits per heavy atom. The van der Waals surface area contributed by atoms with Crippen molar-refractivity contribution >= 4 is 11.7 Å². The van der Waals surface area contributed by atoms with E-state index in [0.29, 0.717) is 5.92 Å². The molecule has 1 unspecified atom stereocenters. The largest absolute Gasteiger partial charge is 0.480 e. The molecule has 0 bridgehead atoms. The van der Waals surface area contributed by atoms with Crippen LogP contribution >= 0.6 is 0 Å². The molecule has 0 spiro atoms. The minimum Gasteiger partial charge on any atom is -0.480 e.